The number of benzene rings is 1. The third-order valence-corrected chi connectivity index (χ3v) is 5.71. The van der Waals surface area contributed by atoms with E-state index in [1.54, 1.807) is 24.3 Å². The molecule has 1 aliphatic heterocycles. The number of allylic oxidation sites excluding steroid dienone is 2. The lowest BCUT2D eigenvalue weighted by Crippen LogP contribution is -2.35. The van der Waals surface area contributed by atoms with Crippen LogP contribution in [0.25, 0.3) is 0 Å². The molecule has 1 aromatic carbocycles. The molecule has 0 unspecified atom stereocenters. The smallest absolute Gasteiger partial charge is 0.337 e. The van der Waals surface area contributed by atoms with Gasteiger partial charge < -0.3 is 10.1 Å². The minimum atomic E-state index is -0.451. The number of carbonyl (C=O) groups excluding carboxylic acids is 4. The summed E-state index contributed by atoms with van der Waals surface area (Å²) in [5.74, 6) is -1.16. The van der Waals surface area contributed by atoms with E-state index in [1.165, 1.54) is 12.0 Å². The molecule has 2 fully saturated rings. The second kappa shape index (κ2) is 6.64. The molecule has 7 nitrogen and oxygen atoms in total. The third-order valence-electron chi connectivity index (χ3n) is 5.71. The number of fused-ring (bicyclic) bond motifs is 5. The van der Waals surface area contributed by atoms with E-state index in [1.807, 2.05) is 12.2 Å². The average Bonchev–Trinajstić information content (AvgIpc) is 3.35. The molecule has 2 bridgehead atoms. The molecule has 7 heteroatoms. The molecule has 3 aliphatic rings. The van der Waals surface area contributed by atoms with Gasteiger partial charge in [0.25, 0.3) is 0 Å². The Morgan fingerprint density at radius 1 is 1.07 bits per heavy atom. The minimum absolute atomic E-state index is 0.0401. The van der Waals surface area contributed by atoms with Crippen molar-refractivity contribution in [1.29, 1.82) is 0 Å². The van der Waals surface area contributed by atoms with Crippen molar-refractivity contribution in [1.82, 2.24) is 4.90 Å². The molecule has 0 radical (unpaired) electrons. The first kappa shape index (κ1) is 17.5. The van der Waals surface area contributed by atoms with Crippen LogP contribution in [0, 0.1) is 23.7 Å². The Bertz CT molecular complexity index is 814. The molecule has 2 aliphatic carbocycles. The van der Waals surface area contributed by atoms with Crippen molar-refractivity contribution in [3.8, 4) is 0 Å². The van der Waals surface area contributed by atoms with Gasteiger partial charge in [-0.05, 0) is 42.5 Å². The molecule has 1 N–H and O–H groups in total. The van der Waals surface area contributed by atoms with Crippen molar-refractivity contribution in [2.45, 2.75) is 12.8 Å². The predicted octanol–water partition coefficient (Wildman–Crippen LogP) is 1.61. The molecule has 0 aromatic heterocycles. The number of nitrogens with zero attached hydrogens (tertiary/aromatic N) is 1. The molecule has 3 amide bonds. The summed E-state index contributed by atoms with van der Waals surface area (Å²) in [6, 6.07) is 6.31. The Labute approximate surface area is 156 Å². The van der Waals surface area contributed by atoms with Gasteiger partial charge in [-0.1, -0.05) is 12.2 Å². The molecule has 4 atom stereocenters. The number of methoxy groups -OCH3 is 1. The first-order valence-corrected chi connectivity index (χ1v) is 9.01. The van der Waals surface area contributed by atoms with E-state index in [-0.39, 0.29) is 54.4 Å². The van der Waals surface area contributed by atoms with Crippen LogP contribution in [0.1, 0.15) is 23.2 Å². The number of esters is 1. The first-order chi connectivity index (χ1) is 13.0. The summed E-state index contributed by atoms with van der Waals surface area (Å²) >= 11 is 0. The van der Waals surface area contributed by atoms with Crippen LogP contribution in [0.3, 0.4) is 0 Å². The number of carbonyl (C=O) groups is 4. The maximum absolute atomic E-state index is 12.6. The molecule has 1 saturated heterocycles. The van der Waals surface area contributed by atoms with Crippen molar-refractivity contribution in [3.63, 3.8) is 0 Å². The Balaban J connectivity index is 1.33. The molecule has 4 rings (SSSR count). The highest BCUT2D eigenvalue weighted by molar-refractivity contribution is 6.06. The van der Waals surface area contributed by atoms with Crippen molar-refractivity contribution in [3.05, 3.63) is 42.0 Å². The highest BCUT2D eigenvalue weighted by Crippen LogP contribution is 2.52. The van der Waals surface area contributed by atoms with Crippen molar-refractivity contribution < 1.29 is 23.9 Å². The van der Waals surface area contributed by atoms with Gasteiger partial charge in [-0.3, -0.25) is 19.3 Å². The van der Waals surface area contributed by atoms with Crippen LogP contribution >= 0.6 is 0 Å². The van der Waals surface area contributed by atoms with E-state index in [9.17, 15) is 19.2 Å². The lowest BCUT2D eigenvalue weighted by atomic mass is 9.85. The van der Waals surface area contributed by atoms with Crippen LogP contribution in [-0.4, -0.2) is 42.2 Å². The Morgan fingerprint density at radius 2 is 1.67 bits per heavy atom. The number of rotatable bonds is 5. The monoisotopic (exact) mass is 368 g/mol. The van der Waals surface area contributed by atoms with Gasteiger partial charge >= 0.3 is 5.97 Å². The fraction of sp³-hybridized carbons (Fsp3) is 0.400. The fourth-order valence-electron chi connectivity index (χ4n) is 4.43. The van der Waals surface area contributed by atoms with Crippen LogP contribution in [-0.2, 0) is 19.1 Å². The minimum Gasteiger partial charge on any atom is -0.465 e. The van der Waals surface area contributed by atoms with Crippen molar-refractivity contribution >= 4 is 29.4 Å². The second-order valence-electron chi connectivity index (χ2n) is 7.20. The zero-order valence-electron chi connectivity index (χ0n) is 14.9. The second-order valence-corrected chi connectivity index (χ2v) is 7.20. The van der Waals surface area contributed by atoms with Gasteiger partial charge in [0.15, 0.2) is 0 Å². The third kappa shape index (κ3) is 2.93. The first-order valence-electron chi connectivity index (χ1n) is 9.01. The summed E-state index contributed by atoms with van der Waals surface area (Å²) in [5, 5.41) is 2.71. The number of anilines is 1. The van der Waals surface area contributed by atoms with Gasteiger partial charge in [-0.2, -0.15) is 0 Å². The van der Waals surface area contributed by atoms with Crippen LogP contribution in [0.2, 0.25) is 0 Å². The molecular formula is C20H20N2O5. The van der Waals surface area contributed by atoms with Crippen LogP contribution in [0.5, 0.6) is 0 Å². The lowest BCUT2D eigenvalue weighted by molar-refractivity contribution is -0.140. The Morgan fingerprint density at radius 3 is 2.22 bits per heavy atom. The quantitative estimate of drug-likeness (QED) is 0.484. The van der Waals surface area contributed by atoms with Gasteiger partial charge in [0, 0.05) is 18.7 Å². The van der Waals surface area contributed by atoms with E-state index in [0.29, 0.717) is 11.3 Å². The lowest BCUT2D eigenvalue weighted by Gasteiger charge is -2.17. The molecule has 1 aromatic rings. The Hall–Kier alpha value is -2.96. The fourth-order valence-corrected chi connectivity index (χ4v) is 4.43. The molecule has 0 spiro atoms. The summed E-state index contributed by atoms with van der Waals surface area (Å²) in [6.07, 6.45) is 5.03. The van der Waals surface area contributed by atoms with E-state index in [0.717, 1.165) is 6.42 Å². The van der Waals surface area contributed by atoms with E-state index in [2.05, 4.69) is 10.1 Å². The normalized spacial score (nSPS) is 27.8. The topological polar surface area (TPSA) is 92.8 Å². The highest BCUT2D eigenvalue weighted by atomic mass is 16.5. The van der Waals surface area contributed by atoms with E-state index in [4.69, 9.17) is 0 Å². The summed E-state index contributed by atoms with van der Waals surface area (Å²) < 4.78 is 4.62. The number of likely N-dealkylation sites (tertiary alicyclic amines) is 1. The largest absolute Gasteiger partial charge is 0.465 e. The van der Waals surface area contributed by atoms with Gasteiger partial charge in [-0.15, -0.1) is 0 Å². The summed E-state index contributed by atoms with van der Waals surface area (Å²) in [5.41, 5.74) is 0.921. The number of amides is 3. The number of ether oxygens (including phenoxy) is 1. The van der Waals surface area contributed by atoms with Gasteiger partial charge in [-0.25, -0.2) is 4.79 Å². The number of imide groups is 1. The molecule has 1 saturated carbocycles. The Kier molecular flexibility index (Phi) is 4.30. The van der Waals surface area contributed by atoms with Crippen LogP contribution in [0.15, 0.2) is 36.4 Å². The summed E-state index contributed by atoms with van der Waals surface area (Å²) in [4.78, 5) is 50.0. The molecule has 1 heterocycles. The van der Waals surface area contributed by atoms with Gasteiger partial charge in [0.05, 0.1) is 24.5 Å². The molecule has 140 valence electrons. The number of hydrogen-bond acceptors (Lipinski definition) is 5. The van der Waals surface area contributed by atoms with E-state index < -0.39 is 5.97 Å². The van der Waals surface area contributed by atoms with Gasteiger partial charge in [0.1, 0.15) is 0 Å². The molecule has 27 heavy (non-hydrogen) atoms. The standard InChI is InChI=1S/C20H20N2O5/c1-27-20(26)11-4-6-14(7-5-11)21-15(23)8-9-22-18(24)16-12-2-3-13(10-12)17(16)19(22)25/h2-7,12-13,16-17H,8-10H2,1H3,(H,21,23)/t12-,13+,16-,17-/m0/s1. The van der Waals surface area contributed by atoms with Gasteiger partial charge in [0.2, 0.25) is 17.7 Å². The highest BCUT2D eigenvalue weighted by Gasteiger charge is 2.58. The zero-order chi connectivity index (χ0) is 19.1. The molecular weight excluding hydrogens is 348 g/mol. The predicted molar refractivity (Wildman–Crippen MR) is 95.5 cm³/mol. The number of hydrogen-bond donors (Lipinski definition) is 1. The van der Waals surface area contributed by atoms with Crippen molar-refractivity contribution in [2.75, 3.05) is 19.0 Å². The number of nitrogens with one attached hydrogen (secondary N) is 1. The van der Waals surface area contributed by atoms with Crippen LogP contribution in [0.4, 0.5) is 5.69 Å². The maximum Gasteiger partial charge on any atom is 0.337 e. The maximum atomic E-state index is 12.6. The van der Waals surface area contributed by atoms with Crippen molar-refractivity contribution in [2.24, 2.45) is 23.7 Å². The summed E-state index contributed by atoms with van der Waals surface area (Å²) in [6.45, 7) is 0.0934. The SMILES string of the molecule is COC(=O)c1ccc(NC(=O)CCN2C(=O)[C@@H]3[C@@H](C2=O)[C@H]2C=C[C@@H]3C2)cc1. The van der Waals surface area contributed by atoms with Crippen LogP contribution < -0.4 is 5.32 Å². The summed E-state index contributed by atoms with van der Waals surface area (Å²) in [7, 11) is 1.30. The van der Waals surface area contributed by atoms with E-state index >= 15 is 0 Å². The zero-order valence-corrected chi connectivity index (χ0v) is 14.9. The average molecular weight is 368 g/mol.